The Bertz CT molecular complexity index is 649. The van der Waals surface area contributed by atoms with Gasteiger partial charge in [0.15, 0.2) is 5.78 Å². The smallest absolute Gasteiger partial charge is 0.268 e. The number of H-pyrrole nitrogens is 1. The third-order valence-corrected chi connectivity index (χ3v) is 3.05. The first-order valence-electron chi connectivity index (χ1n) is 6.23. The van der Waals surface area contributed by atoms with Crippen molar-refractivity contribution in [3.63, 3.8) is 0 Å². The topological polar surface area (TPSA) is 62.0 Å². The average Bonchev–Trinajstić information content (AvgIpc) is 2.88. The highest BCUT2D eigenvalue weighted by Crippen LogP contribution is 2.16. The van der Waals surface area contributed by atoms with Crippen molar-refractivity contribution in [2.24, 2.45) is 0 Å². The normalized spacial score (nSPS) is 11.9. The van der Waals surface area contributed by atoms with Crippen LogP contribution in [0, 0.1) is 5.82 Å². The van der Waals surface area contributed by atoms with E-state index >= 15 is 0 Å². The maximum absolute atomic E-state index is 13.6. The zero-order valence-electron chi connectivity index (χ0n) is 11.2. The number of rotatable bonds is 4. The molecule has 1 atom stereocenters. The summed E-state index contributed by atoms with van der Waals surface area (Å²) in [7, 11) is 0. The molecule has 1 aromatic heterocycles. The number of amides is 1. The van der Waals surface area contributed by atoms with Gasteiger partial charge in [0.2, 0.25) is 0 Å². The Labute approximate surface area is 116 Å². The number of nitrogens with one attached hydrogen (secondary N) is 2. The van der Waals surface area contributed by atoms with Gasteiger partial charge in [-0.3, -0.25) is 9.59 Å². The molecule has 0 saturated heterocycles. The molecule has 0 aliphatic carbocycles. The number of aromatic amines is 1. The van der Waals surface area contributed by atoms with Gasteiger partial charge in [0.05, 0.1) is 6.04 Å². The van der Waals surface area contributed by atoms with Crippen molar-refractivity contribution in [3.8, 4) is 0 Å². The predicted octanol–water partition coefficient (Wildman–Crippen LogP) is 2.85. The fraction of sp³-hybridized carbons (Fsp3) is 0.200. The van der Waals surface area contributed by atoms with Crippen molar-refractivity contribution < 1.29 is 14.0 Å². The Morgan fingerprint density at radius 1 is 1.30 bits per heavy atom. The summed E-state index contributed by atoms with van der Waals surface area (Å²) in [5.74, 6) is -0.869. The molecule has 20 heavy (non-hydrogen) atoms. The lowest BCUT2D eigenvalue weighted by Crippen LogP contribution is -2.27. The van der Waals surface area contributed by atoms with Gasteiger partial charge in [-0.15, -0.1) is 0 Å². The number of aromatic nitrogens is 1. The van der Waals surface area contributed by atoms with Crippen LogP contribution in [0.15, 0.2) is 36.5 Å². The molecule has 0 aliphatic rings. The van der Waals surface area contributed by atoms with Gasteiger partial charge in [0, 0.05) is 17.3 Å². The molecule has 0 aliphatic heterocycles. The SMILES string of the molecule is CC(=O)c1c[nH]c(C(=O)N[C@@H](C)c2ccccc2F)c1. The Hall–Kier alpha value is -2.43. The van der Waals surface area contributed by atoms with E-state index in [2.05, 4.69) is 10.3 Å². The zero-order chi connectivity index (χ0) is 14.7. The molecule has 0 fully saturated rings. The Kier molecular flexibility index (Phi) is 3.98. The molecule has 5 heteroatoms. The fourth-order valence-corrected chi connectivity index (χ4v) is 1.91. The number of benzene rings is 1. The molecule has 0 unspecified atom stereocenters. The van der Waals surface area contributed by atoms with Crippen molar-refractivity contribution in [2.45, 2.75) is 19.9 Å². The van der Waals surface area contributed by atoms with Gasteiger partial charge in [-0.1, -0.05) is 18.2 Å². The minimum atomic E-state index is -0.465. The van der Waals surface area contributed by atoms with E-state index in [1.807, 2.05) is 0 Å². The lowest BCUT2D eigenvalue weighted by molar-refractivity contribution is 0.0934. The van der Waals surface area contributed by atoms with Crippen LogP contribution in [-0.2, 0) is 0 Å². The largest absolute Gasteiger partial charge is 0.356 e. The molecule has 2 N–H and O–H groups in total. The monoisotopic (exact) mass is 274 g/mol. The van der Waals surface area contributed by atoms with Crippen LogP contribution < -0.4 is 5.32 Å². The van der Waals surface area contributed by atoms with Crippen LogP contribution in [0.1, 0.15) is 46.3 Å². The van der Waals surface area contributed by atoms with Gasteiger partial charge >= 0.3 is 0 Å². The lowest BCUT2D eigenvalue weighted by Gasteiger charge is -2.14. The maximum Gasteiger partial charge on any atom is 0.268 e. The first-order valence-corrected chi connectivity index (χ1v) is 6.23. The van der Waals surface area contributed by atoms with Gasteiger partial charge in [-0.25, -0.2) is 4.39 Å². The van der Waals surface area contributed by atoms with Gasteiger partial charge in [0.1, 0.15) is 11.5 Å². The van der Waals surface area contributed by atoms with Crippen molar-refractivity contribution in [1.29, 1.82) is 0 Å². The molecule has 4 nitrogen and oxygen atoms in total. The van der Waals surface area contributed by atoms with Crippen molar-refractivity contribution in [3.05, 3.63) is 59.2 Å². The quantitative estimate of drug-likeness (QED) is 0.842. The molecule has 2 aromatic rings. The Balaban J connectivity index is 2.11. The highest BCUT2D eigenvalue weighted by Gasteiger charge is 2.16. The maximum atomic E-state index is 13.6. The van der Waals surface area contributed by atoms with E-state index in [4.69, 9.17) is 0 Å². The first kappa shape index (κ1) is 14.0. The van der Waals surface area contributed by atoms with E-state index < -0.39 is 6.04 Å². The highest BCUT2D eigenvalue weighted by molar-refractivity contribution is 5.99. The average molecular weight is 274 g/mol. The van der Waals surface area contributed by atoms with Crippen LogP contribution in [0.2, 0.25) is 0 Å². The van der Waals surface area contributed by atoms with Crippen LogP contribution >= 0.6 is 0 Å². The van der Waals surface area contributed by atoms with Gasteiger partial charge in [0.25, 0.3) is 5.91 Å². The molecule has 0 bridgehead atoms. The Morgan fingerprint density at radius 2 is 2.00 bits per heavy atom. The summed E-state index contributed by atoms with van der Waals surface area (Å²) in [6.45, 7) is 3.12. The number of ketones is 1. The van der Waals surface area contributed by atoms with E-state index in [0.29, 0.717) is 11.1 Å². The second kappa shape index (κ2) is 5.69. The first-order chi connectivity index (χ1) is 9.49. The molecular weight excluding hydrogens is 259 g/mol. The summed E-state index contributed by atoms with van der Waals surface area (Å²) in [6.07, 6.45) is 1.48. The molecule has 2 rings (SSSR count). The van der Waals surface area contributed by atoms with Crippen LogP contribution in [0.4, 0.5) is 4.39 Å². The van der Waals surface area contributed by atoms with E-state index in [1.54, 1.807) is 25.1 Å². The molecular formula is C15H15FN2O2. The number of carbonyl (C=O) groups is 2. The highest BCUT2D eigenvalue weighted by atomic mass is 19.1. The lowest BCUT2D eigenvalue weighted by atomic mass is 10.1. The summed E-state index contributed by atoms with van der Waals surface area (Å²) in [5.41, 5.74) is 1.13. The second-order valence-corrected chi connectivity index (χ2v) is 4.57. The second-order valence-electron chi connectivity index (χ2n) is 4.57. The molecule has 0 spiro atoms. The van der Waals surface area contributed by atoms with Crippen LogP contribution in [0.25, 0.3) is 0 Å². The summed E-state index contributed by atoms with van der Waals surface area (Å²) >= 11 is 0. The summed E-state index contributed by atoms with van der Waals surface area (Å²) in [5, 5.41) is 2.68. The molecule has 1 aromatic carbocycles. The summed E-state index contributed by atoms with van der Waals surface area (Å²) in [4.78, 5) is 25.9. The van der Waals surface area contributed by atoms with E-state index in [9.17, 15) is 14.0 Å². The fourth-order valence-electron chi connectivity index (χ4n) is 1.91. The third-order valence-electron chi connectivity index (χ3n) is 3.05. The predicted molar refractivity (Wildman–Crippen MR) is 73.1 cm³/mol. The molecule has 0 saturated carbocycles. The van der Waals surface area contributed by atoms with Gasteiger partial charge in [-0.2, -0.15) is 0 Å². The van der Waals surface area contributed by atoms with E-state index in [1.165, 1.54) is 25.3 Å². The minimum Gasteiger partial charge on any atom is -0.356 e. The standard InChI is InChI=1S/C15H15FN2O2/c1-9(12-5-3-4-6-13(12)16)18-15(20)14-7-11(8-17-14)10(2)19/h3-9,17H,1-2H3,(H,18,20)/t9-/m0/s1. The van der Waals surface area contributed by atoms with Crippen molar-refractivity contribution in [2.75, 3.05) is 0 Å². The molecule has 0 radical (unpaired) electrons. The van der Waals surface area contributed by atoms with E-state index in [0.717, 1.165) is 0 Å². The number of hydrogen-bond donors (Lipinski definition) is 2. The molecule has 1 heterocycles. The zero-order valence-corrected chi connectivity index (χ0v) is 11.2. The molecule has 1 amide bonds. The van der Waals surface area contributed by atoms with Crippen LogP contribution in [-0.4, -0.2) is 16.7 Å². The number of hydrogen-bond acceptors (Lipinski definition) is 2. The number of halogens is 1. The Morgan fingerprint density at radius 3 is 2.60 bits per heavy atom. The third kappa shape index (κ3) is 2.93. The van der Waals surface area contributed by atoms with Crippen LogP contribution in [0.5, 0.6) is 0 Å². The van der Waals surface area contributed by atoms with Crippen molar-refractivity contribution in [1.82, 2.24) is 10.3 Å². The number of carbonyl (C=O) groups excluding carboxylic acids is 2. The summed E-state index contributed by atoms with van der Waals surface area (Å²) < 4.78 is 13.6. The summed E-state index contributed by atoms with van der Waals surface area (Å²) in [6, 6.07) is 7.29. The van der Waals surface area contributed by atoms with E-state index in [-0.39, 0.29) is 23.2 Å². The molecule has 104 valence electrons. The van der Waals surface area contributed by atoms with Gasteiger partial charge in [-0.05, 0) is 26.0 Å². The minimum absolute atomic E-state index is 0.123. The van der Waals surface area contributed by atoms with Crippen molar-refractivity contribution >= 4 is 11.7 Å². The van der Waals surface area contributed by atoms with Crippen LogP contribution in [0.3, 0.4) is 0 Å². The van der Waals surface area contributed by atoms with Gasteiger partial charge < -0.3 is 10.3 Å². The number of Topliss-reactive ketones (excluding diaryl/α,β-unsaturated/α-hetero) is 1.